The first-order valence-corrected chi connectivity index (χ1v) is 7.21. The third kappa shape index (κ3) is 2.16. The predicted molar refractivity (Wildman–Crippen MR) is 79.6 cm³/mol. The molecule has 3 rings (SSSR count). The zero-order valence-electron chi connectivity index (χ0n) is 11.9. The molecule has 1 atom stereocenters. The van der Waals surface area contributed by atoms with Gasteiger partial charge in [0.15, 0.2) is 0 Å². The van der Waals surface area contributed by atoms with Crippen molar-refractivity contribution in [2.75, 3.05) is 6.61 Å². The summed E-state index contributed by atoms with van der Waals surface area (Å²) in [5.41, 5.74) is 3.13. The van der Waals surface area contributed by atoms with Crippen LogP contribution in [0.3, 0.4) is 0 Å². The Morgan fingerprint density at radius 3 is 2.70 bits per heavy atom. The molecule has 2 aromatic rings. The Balaban J connectivity index is 2.05. The van der Waals surface area contributed by atoms with Crippen molar-refractivity contribution in [2.45, 2.75) is 32.6 Å². The van der Waals surface area contributed by atoms with Crippen molar-refractivity contribution >= 4 is 11.6 Å². The highest BCUT2D eigenvalue weighted by atomic mass is 35.5. The summed E-state index contributed by atoms with van der Waals surface area (Å²) in [6.07, 6.45) is 0. The average molecular weight is 289 g/mol. The van der Waals surface area contributed by atoms with E-state index in [9.17, 15) is 0 Å². The number of hydrogen-bond acceptors (Lipinski definition) is 3. The lowest BCUT2D eigenvalue weighted by atomic mass is 9.99. The van der Waals surface area contributed by atoms with Crippen LogP contribution in [0.2, 0.25) is 5.15 Å². The van der Waals surface area contributed by atoms with E-state index in [1.807, 2.05) is 25.1 Å². The maximum absolute atomic E-state index is 6.34. The number of nitrogens with zero attached hydrogens (tertiary/aromatic N) is 2. The van der Waals surface area contributed by atoms with Crippen LogP contribution in [0.4, 0.5) is 0 Å². The molecule has 2 heterocycles. The molecule has 1 aromatic heterocycles. The van der Waals surface area contributed by atoms with E-state index >= 15 is 0 Å². The predicted octanol–water partition coefficient (Wildman–Crippen LogP) is 4.09. The summed E-state index contributed by atoms with van der Waals surface area (Å²) in [7, 11) is 0. The van der Waals surface area contributed by atoms with Crippen molar-refractivity contribution in [3.8, 4) is 5.75 Å². The number of halogens is 1. The average Bonchev–Trinajstić information content (AvgIpc) is 2.81. The number of aromatic nitrogens is 2. The number of fused-ring (bicyclic) bond motifs is 1. The SMILES string of the molecule is Cc1nc(C2COc3ccccc32)nc(Cl)c1C(C)C. The second-order valence-electron chi connectivity index (χ2n) is 5.43. The Hall–Kier alpha value is -1.61. The summed E-state index contributed by atoms with van der Waals surface area (Å²) >= 11 is 6.34. The molecule has 0 saturated carbocycles. The largest absolute Gasteiger partial charge is 0.492 e. The molecule has 1 aliphatic rings. The van der Waals surface area contributed by atoms with E-state index in [1.54, 1.807) is 0 Å². The van der Waals surface area contributed by atoms with Crippen LogP contribution in [-0.2, 0) is 0 Å². The van der Waals surface area contributed by atoms with E-state index in [-0.39, 0.29) is 5.92 Å². The molecule has 104 valence electrons. The minimum atomic E-state index is 0.0728. The maximum Gasteiger partial charge on any atom is 0.141 e. The number of hydrogen-bond donors (Lipinski definition) is 0. The van der Waals surface area contributed by atoms with Gasteiger partial charge in [-0.05, 0) is 18.9 Å². The van der Waals surface area contributed by atoms with Gasteiger partial charge in [-0.15, -0.1) is 0 Å². The van der Waals surface area contributed by atoms with E-state index in [1.165, 1.54) is 0 Å². The third-order valence-electron chi connectivity index (χ3n) is 3.70. The Kier molecular flexibility index (Phi) is 3.38. The summed E-state index contributed by atoms with van der Waals surface area (Å²) in [5.74, 6) is 2.07. The second-order valence-corrected chi connectivity index (χ2v) is 5.79. The second kappa shape index (κ2) is 5.06. The van der Waals surface area contributed by atoms with Gasteiger partial charge in [-0.25, -0.2) is 9.97 Å². The summed E-state index contributed by atoms with van der Waals surface area (Å²) < 4.78 is 5.70. The number of para-hydroxylation sites is 1. The van der Waals surface area contributed by atoms with Gasteiger partial charge in [-0.1, -0.05) is 43.6 Å². The molecule has 1 aromatic carbocycles. The van der Waals surface area contributed by atoms with Gasteiger partial charge >= 0.3 is 0 Å². The first kappa shape index (κ1) is 13.4. The minimum absolute atomic E-state index is 0.0728. The van der Waals surface area contributed by atoms with E-state index < -0.39 is 0 Å². The van der Waals surface area contributed by atoms with E-state index in [0.29, 0.717) is 17.7 Å². The molecule has 0 bridgehead atoms. The van der Waals surface area contributed by atoms with Crippen LogP contribution in [0.5, 0.6) is 5.75 Å². The molecular formula is C16H17ClN2O. The summed E-state index contributed by atoms with van der Waals surface area (Å²) in [4.78, 5) is 9.17. The normalized spacial score (nSPS) is 17.1. The number of rotatable bonds is 2. The molecule has 0 radical (unpaired) electrons. The fourth-order valence-corrected chi connectivity index (χ4v) is 3.20. The summed E-state index contributed by atoms with van der Waals surface area (Å²) in [6.45, 7) is 6.78. The minimum Gasteiger partial charge on any atom is -0.492 e. The monoisotopic (exact) mass is 288 g/mol. The fourth-order valence-electron chi connectivity index (χ4n) is 2.76. The highest BCUT2D eigenvalue weighted by molar-refractivity contribution is 6.30. The van der Waals surface area contributed by atoms with Gasteiger partial charge in [0.1, 0.15) is 23.3 Å². The van der Waals surface area contributed by atoms with Crippen molar-refractivity contribution in [3.63, 3.8) is 0 Å². The number of ether oxygens (including phenoxy) is 1. The van der Waals surface area contributed by atoms with Crippen LogP contribution in [0.15, 0.2) is 24.3 Å². The molecule has 3 nitrogen and oxygen atoms in total. The lowest BCUT2D eigenvalue weighted by Gasteiger charge is -2.14. The van der Waals surface area contributed by atoms with Crippen LogP contribution >= 0.6 is 11.6 Å². The Labute approximate surface area is 124 Å². The van der Waals surface area contributed by atoms with Crippen molar-refractivity contribution in [1.82, 2.24) is 9.97 Å². The van der Waals surface area contributed by atoms with Crippen molar-refractivity contribution in [1.29, 1.82) is 0 Å². The van der Waals surface area contributed by atoms with Gasteiger partial charge in [0.05, 0.1) is 5.92 Å². The quantitative estimate of drug-likeness (QED) is 0.781. The van der Waals surface area contributed by atoms with E-state index in [0.717, 1.165) is 28.4 Å². The van der Waals surface area contributed by atoms with Crippen molar-refractivity contribution in [2.24, 2.45) is 0 Å². The van der Waals surface area contributed by atoms with Crippen LogP contribution in [-0.4, -0.2) is 16.6 Å². The number of aryl methyl sites for hydroxylation is 1. The molecule has 0 N–H and O–H groups in total. The van der Waals surface area contributed by atoms with Gasteiger partial charge in [-0.3, -0.25) is 0 Å². The lowest BCUT2D eigenvalue weighted by molar-refractivity contribution is 0.339. The van der Waals surface area contributed by atoms with E-state index in [2.05, 4.69) is 29.9 Å². The maximum atomic E-state index is 6.34. The topological polar surface area (TPSA) is 35.0 Å². The molecule has 0 spiro atoms. The lowest BCUT2D eigenvalue weighted by Crippen LogP contribution is -2.11. The number of benzene rings is 1. The molecular weight excluding hydrogens is 272 g/mol. The van der Waals surface area contributed by atoms with E-state index in [4.69, 9.17) is 16.3 Å². The van der Waals surface area contributed by atoms with Gasteiger partial charge in [0.25, 0.3) is 0 Å². The molecule has 1 unspecified atom stereocenters. The first-order valence-electron chi connectivity index (χ1n) is 6.83. The van der Waals surface area contributed by atoms with Gasteiger partial charge in [0, 0.05) is 16.8 Å². The Morgan fingerprint density at radius 2 is 2.00 bits per heavy atom. The van der Waals surface area contributed by atoms with Gasteiger partial charge in [-0.2, -0.15) is 0 Å². The standard InChI is InChI=1S/C16H17ClN2O/c1-9(2)14-10(3)18-16(19-15(14)17)12-8-20-13-7-5-4-6-11(12)13/h4-7,9,12H,8H2,1-3H3. The van der Waals surface area contributed by atoms with Crippen LogP contribution in [0, 0.1) is 6.92 Å². The van der Waals surface area contributed by atoms with Crippen LogP contribution in [0.25, 0.3) is 0 Å². The Morgan fingerprint density at radius 1 is 1.25 bits per heavy atom. The van der Waals surface area contributed by atoms with Crippen molar-refractivity contribution in [3.05, 3.63) is 52.1 Å². The zero-order valence-corrected chi connectivity index (χ0v) is 12.6. The van der Waals surface area contributed by atoms with Crippen LogP contribution in [0.1, 0.15) is 48.3 Å². The zero-order chi connectivity index (χ0) is 14.3. The molecule has 4 heteroatoms. The Bertz CT molecular complexity index is 632. The molecule has 0 fully saturated rings. The van der Waals surface area contributed by atoms with Crippen LogP contribution < -0.4 is 4.74 Å². The summed E-state index contributed by atoms with van der Waals surface area (Å²) in [5, 5.41) is 0.562. The van der Waals surface area contributed by atoms with Crippen molar-refractivity contribution < 1.29 is 4.74 Å². The first-order chi connectivity index (χ1) is 9.58. The molecule has 20 heavy (non-hydrogen) atoms. The molecule has 1 aliphatic heterocycles. The highest BCUT2D eigenvalue weighted by Gasteiger charge is 2.28. The molecule has 0 amide bonds. The highest BCUT2D eigenvalue weighted by Crippen LogP contribution is 2.37. The summed E-state index contributed by atoms with van der Waals surface area (Å²) in [6, 6.07) is 8.03. The third-order valence-corrected chi connectivity index (χ3v) is 3.98. The fraction of sp³-hybridized carbons (Fsp3) is 0.375. The van der Waals surface area contributed by atoms with Gasteiger partial charge < -0.3 is 4.74 Å². The van der Waals surface area contributed by atoms with Gasteiger partial charge in [0.2, 0.25) is 0 Å². The molecule has 0 aliphatic carbocycles. The molecule has 0 saturated heterocycles. The smallest absolute Gasteiger partial charge is 0.141 e.